The summed E-state index contributed by atoms with van der Waals surface area (Å²) in [5.41, 5.74) is 3.52. The Bertz CT molecular complexity index is 686. The first-order chi connectivity index (χ1) is 10.5. The van der Waals surface area contributed by atoms with Gasteiger partial charge >= 0.3 is 0 Å². The van der Waals surface area contributed by atoms with Crippen LogP contribution in [0.25, 0.3) is 6.08 Å². The van der Waals surface area contributed by atoms with E-state index < -0.39 is 0 Å². The summed E-state index contributed by atoms with van der Waals surface area (Å²) in [6.07, 6.45) is 3.20. The van der Waals surface area contributed by atoms with Crippen LogP contribution in [0.1, 0.15) is 18.1 Å². The third-order valence-electron chi connectivity index (χ3n) is 2.98. The van der Waals surface area contributed by atoms with Crippen molar-refractivity contribution < 1.29 is 9.59 Å². The molecule has 2 aromatic carbocycles. The van der Waals surface area contributed by atoms with E-state index in [1.165, 1.54) is 13.0 Å². The molecular weight excluding hydrogens is 276 g/mol. The van der Waals surface area contributed by atoms with Crippen molar-refractivity contribution in [3.05, 3.63) is 65.7 Å². The zero-order chi connectivity index (χ0) is 15.9. The van der Waals surface area contributed by atoms with Gasteiger partial charge in [0.1, 0.15) is 0 Å². The second kappa shape index (κ2) is 7.22. The van der Waals surface area contributed by atoms with Crippen LogP contribution in [-0.2, 0) is 9.59 Å². The highest BCUT2D eigenvalue weighted by Gasteiger charge is 1.98. The van der Waals surface area contributed by atoms with E-state index in [9.17, 15) is 9.59 Å². The lowest BCUT2D eigenvalue weighted by molar-refractivity contribution is -0.114. The normalized spacial score (nSPS) is 10.5. The molecule has 4 nitrogen and oxygen atoms in total. The van der Waals surface area contributed by atoms with Crippen molar-refractivity contribution in [2.45, 2.75) is 13.8 Å². The summed E-state index contributed by atoms with van der Waals surface area (Å²) in [5.74, 6) is -0.296. The zero-order valence-electron chi connectivity index (χ0n) is 12.6. The number of hydrogen-bond donors (Lipinski definition) is 2. The highest BCUT2D eigenvalue weighted by Crippen LogP contribution is 2.11. The van der Waals surface area contributed by atoms with Crippen molar-refractivity contribution in [2.24, 2.45) is 0 Å². The third kappa shape index (κ3) is 4.90. The first-order valence-electron chi connectivity index (χ1n) is 6.96. The van der Waals surface area contributed by atoms with Crippen molar-refractivity contribution >= 4 is 29.3 Å². The van der Waals surface area contributed by atoms with Crippen LogP contribution in [0.15, 0.2) is 54.6 Å². The van der Waals surface area contributed by atoms with Crippen LogP contribution in [0.2, 0.25) is 0 Å². The first-order valence-corrected chi connectivity index (χ1v) is 6.96. The van der Waals surface area contributed by atoms with Gasteiger partial charge in [-0.3, -0.25) is 9.59 Å². The van der Waals surface area contributed by atoms with E-state index in [0.29, 0.717) is 0 Å². The lowest BCUT2D eigenvalue weighted by Crippen LogP contribution is -2.07. The molecular formula is C18H18N2O2. The van der Waals surface area contributed by atoms with Crippen molar-refractivity contribution in [2.75, 3.05) is 10.6 Å². The van der Waals surface area contributed by atoms with Gasteiger partial charge in [0.2, 0.25) is 11.8 Å². The zero-order valence-corrected chi connectivity index (χ0v) is 12.6. The average molecular weight is 294 g/mol. The van der Waals surface area contributed by atoms with Gasteiger partial charge in [-0.25, -0.2) is 0 Å². The van der Waals surface area contributed by atoms with Gasteiger partial charge in [0.15, 0.2) is 0 Å². The van der Waals surface area contributed by atoms with Crippen LogP contribution in [0, 0.1) is 6.92 Å². The molecule has 112 valence electrons. The molecule has 22 heavy (non-hydrogen) atoms. The fraction of sp³-hybridized carbons (Fsp3) is 0.111. The molecule has 0 aromatic heterocycles. The molecule has 2 rings (SSSR count). The highest BCUT2D eigenvalue weighted by atomic mass is 16.2. The quantitative estimate of drug-likeness (QED) is 0.846. The second-order valence-electron chi connectivity index (χ2n) is 4.99. The summed E-state index contributed by atoms with van der Waals surface area (Å²) >= 11 is 0. The molecule has 0 spiro atoms. The molecule has 0 saturated carbocycles. The van der Waals surface area contributed by atoms with Gasteiger partial charge in [0.25, 0.3) is 0 Å². The summed E-state index contributed by atoms with van der Waals surface area (Å²) in [6.45, 7) is 3.46. The number of amides is 2. The molecule has 0 unspecified atom stereocenters. The SMILES string of the molecule is CC(=O)Nc1ccc(/C=C/C(=O)Nc2ccc(C)cc2)cc1. The van der Waals surface area contributed by atoms with Gasteiger partial charge in [-0.1, -0.05) is 29.8 Å². The van der Waals surface area contributed by atoms with Crippen molar-refractivity contribution in [3.8, 4) is 0 Å². The number of rotatable bonds is 4. The summed E-state index contributed by atoms with van der Waals surface area (Å²) in [4.78, 5) is 22.8. The van der Waals surface area contributed by atoms with E-state index >= 15 is 0 Å². The highest BCUT2D eigenvalue weighted by molar-refractivity contribution is 6.02. The standard InChI is InChI=1S/C18H18N2O2/c1-13-3-8-17(9-4-13)20-18(22)12-7-15-5-10-16(11-6-15)19-14(2)21/h3-12H,1-2H3,(H,19,21)(H,20,22)/b12-7+. The van der Waals surface area contributed by atoms with E-state index in [4.69, 9.17) is 0 Å². The van der Waals surface area contributed by atoms with E-state index in [1.54, 1.807) is 18.2 Å². The number of hydrogen-bond acceptors (Lipinski definition) is 2. The van der Waals surface area contributed by atoms with E-state index in [1.807, 2.05) is 43.3 Å². The van der Waals surface area contributed by atoms with Gasteiger partial charge in [-0.05, 0) is 42.8 Å². The van der Waals surface area contributed by atoms with Crippen LogP contribution in [0.5, 0.6) is 0 Å². The fourth-order valence-electron chi connectivity index (χ4n) is 1.87. The van der Waals surface area contributed by atoms with E-state index in [0.717, 1.165) is 22.5 Å². The summed E-state index contributed by atoms with van der Waals surface area (Å²) < 4.78 is 0. The smallest absolute Gasteiger partial charge is 0.248 e. The summed E-state index contributed by atoms with van der Waals surface area (Å²) in [5, 5.41) is 5.49. The molecule has 2 aromatic rings. The monoisotopic (exact) mass is 294 g/mol. The minimum Gasteiger partial charge on any atom is -0.326 e. The van der Waals surface area contributed by atoms with E-state index in [2.05, 4.69) is 10.6 Å². The van der Waals surface area contributed by atoms with Gasteiger partial charge in [-0.15, -0.1) is 0 Å². The minimum absolute atomic E-state index is 0.110. The Morgan fingerprint density at radius 2 is 1.41 bits per heavy atom. The summed E-state index contributed by atoms with van der Waals surface area (Å²) in [6, 6.07) is 14.9. The molecule has 0 saturated heterocycles. The fourth-order valence-corrected chi connectivity index (χ4v) is 1.87. The van der Waals surface area contributed by atoms with Gasteiger partial charge in [-0.2, -0.15) is 0 Å². The number of anilines is 2. The molecule has 2 amide bonds. The predicted molar refractivity (Wildman–Crippen MR) is 89.6 cm³/mol. The Morgan fingerprint density at radius 3 is 2.00 bits per heavy atom. The maximum atomic E-state index is 11.8. The van der Waals surface area contributed by atoms with Crippen LogP contribution in [-0.4, -0.2) is 11.8 Å². The van der Waals surface area contributed by atoms with E-state index in [-0.39, 0.29) is 11.8 Å². The molecule has 0 fully saturated rings. The summed E-state index contributed by atoms with van der Waals surface area (Å²) in [7, 11) is 0. The first kappa shape index (κ1) is 15.5. The molecule has 0 heterocycles. The number of carbonyl (C=O) groups is 2. The molecule has 0 aliphatic heterocycles. The van der Waals surface area contributed by atoms with Crippen LogP contribution in [0.3, 0.4) is 0 Å². The number of carbonyl (C=O) groups excluding carboxylic acids is 2. The minimum atomic E-state index is -0.185. The Morgan fingerprint density at radius 1 is 0.864 bits per heavy atom. The topological polar surface area (TPSA) is 58.2 Å². The molecule has 0 aliphatic rings. The lowest BCUT2D eigenvalue weighted by atomic mass is 10.2. The Labute approximate surface area is 129 Å². The second-order valence-corrected chi connectivity index (χ2v) is 4.99. The Balaban J connectivity index is 1.94. The van der Waals surface area contributed by atoms with Crippen molar-refractivity contribution in [3.63, 3.8) is 0 Å². The predicted octanol–water partition coefficient (Wildman–Crippen LogP) is 3.61. The number of benzene rings is 2. The van der Waals surface area contributed by atoms with Crippen molar-refractivity contribution in [1.82, 2.24) is 0 Å². The van der Waals surface area contributed by atoms with Crippen LogP contribution >= 0.6 is 0 Å². The molecule has 4 heteroatoms. The molecule has 0 aliphatic carbocycles. The maximum absolute atomic E-state index is 11.8. The largest absolute Gasteiger partial charge is 0.326 e. The van der Waals surface area contributed by atoms with Gasteiger partial charge in [0.05, 0.1) is 0 Å². The number of aryl methyl sites for hydroxylation is 1. The van der Waals surface area contributed by atoms with Crippen molar-refractivity contribution in [1.29, 1.82) is 0 Å². The molecule has 2 N–H and O–H groups in total. The third-order valence-corrected chi connectivity index (χ3v) is 2.98. The van der Waals surface area contributed by atoms with Gasteiger partial charge < -0.3 is 10.6 Å². The average Bonchev–Trinajstić information content (AvgIpc) is 2.48. The number of nitrogens with one attached hydrogen (secondary N) is 2. The molecule has 0 radical (unpaired) electrons. The Hall–Kier alpha value is -2.88. The lowest BCUT2D eigenvalue weighted by Gasteiger charge is -2.03. The van der Waals surface area contributed by atoms with Gasteiger partial charge in [0, 0.05) is 24.4 Å². The molecule has 0 atom stereocenters. The molecule has 0 bridgehead atoms. The maximum Gasteiger partial charge on any atom is 0.248 e. The van der Waals surface area contributed by atoms with Crippen LogP contribution in [0.4, 0.5) is 11.4 Å². The Kier molecular flexibility index (Phi) is 5.09. The van der Waals surface area contributed by atoms with Crippen LogP contribution < -0.4 is 10.6 Å².